The molecule has 0 spiro atoms. The summed E-state index contributed by atoms with van der Waals surface area (Å²) in [5.74, 6) is -0.977. The maximum absolute atomic E-state index is 13.5. The topological polar surface area (TPSA) is 29.5 Å². The number of carbonyl (C=O) groups is 1. The molecular weight excluding hydrogens is 314 g/mol. The molecule has 1 aliphatic rings. The fraction of sp³-hybridized carbons (Fsp3) is 0.462. The Labute approximate surface area is 123 Å². The molecule has 0 atom stereocenters. The molecule has 1 amide bonds. The van der Waals surface area contributed by atoms with Crippen LogP contribution in [0.5, 0.6) is 0 Å². The first-order valence-corrected chi connectivity index (χ1v) is 6.53. The Morgan fingerprint density at radius 1 is 1.38 bits per heavy atom. The maximum atomic E-state index is 13.5. The van der Waals surface area contributed by atoms with E-state index in [1.807, 2.05) is 0 Å². The summed E-state index contributed by atoms with van der Waals surface area (Å²) < 4.78 is 54.0. The van der Waals surface area contributed by atoms with E-state index in [0.717, 1.165) is 0 Å². The van der Waals surface area contributed by atoms with Gasteiger partial charge in [-0.3, -0.25) is 4.79 Å². The normalized spacial score (nSPS) is 16.0. The predicted octanol–water partition coefficient (Wildman–Crippen LogP) is 2.81. The van der Waals surface area contributed by atoms with Gasteiger partial charge in [-0.2, -0.15) is 13.2 Å². The Balaban J connectivity index is 1.82. The lowest BCUT2D eigenvalue weighted by Crippen LogP contribution is -2.55. The molecule has 2 rings (SSSR count). The Bertz CT molecular complexity index is 509. The molecule has 21 heavy (non-hydrogen) atoms. The van der Waals surface area contributed by atoms with Crippen LogP contribution in [-0.2, 0) is 16.0 Å². The van der Waals surface area contributed by atoms with Gasteiger partial charge in [0.2, 0.25) is 5.91 Å². The lowest BCUT2D eigenvalue weighted by molar-refractivity contribution is -0.199. The summed E-state index contributed by atoms with van der Waals surface area (Å²) in [5.41, 5.74) is 0.0869. The highest BCUT2D eigenvalue weighted by Gasteiger charge is 2.36. The number of likely N-dealkylation sites (tertiary alicyclic amines) is 1. The van der Waals surface area contributed by atoms with Crippen LogP contribution < -0.4 is 0 Å². The standard InChI is InChI=1S/C13H12ClF4NO2/c14-10-2-1-3-11(15)9(10)4-12(20)19-5-8(6-19)21-7-13(16,17)18/h1-3,8H,4-7H2. The number of benzene rings is 1. The van der Waals surface area contributed by atoms with Crippen molar-refractivity contribution in [3.05, 3.63) is 34.6 Å². The lowest BCUT2D eigenvalue weighted by Gasteiger charge is -2.39. The van der Waals surface area contributed by atoms with Gasteiger partial charge in [0.25, 0.3) is 0 Å². The number of ether oxygens (including phenoxy) is 1. The van der Waals surface area contributed by atoms with Crippen LogP contribution in [0.1, 0.15) is 5.56 Å². The van der Waals surface area contributed by atoms with Crippen LogP contribution in [0.4, 0.5) is 17.6 Å². The van der Waals surface area contributed by atoms with Crippen LogP contribution >= 0.6 is 11.6 Å². The molecule has 1 heterocycles. The molecule has 0 radical (unpaired) electrons. The number of nitrogens with zero attached hydrogens (tertiary/aromatic N) is 1. The number of amides is 1. The Hall–Kier alpha value is -1.34. The van der Waals surface area contributed by atoms with Crippen molar-refractivity contribution < 1.29 is 27.1 Å². The van der Waals surface area contributed by atoms with Crippen molar-refractivity contribution in [3.63, 3.8) is 0 Å². The van der Waals surface area contributed by atoms with E-state index in [9.17, 15) is 22.4 Å². The number of hydrogen-bond donors (Lipinski definition) is 0. The van der Waals surface area contributed by atoms with Crippen LogP contribution in [0.15, 0.2) is 18.2 Å². The zero-order valence-corrected chi connectivity index (χ0v) is 11.5. The van der Waals surface area contributed by atoms with Crippen molar-refractivity contribution in [1.82, 2.24) is 4.90 Å². The number of hydrogen-bond acceptors (Lipinski definition) is 2. The zero-order chi connectivity index (χ0) is 15.6. The third kappa shape index (κ3) is 4.31. The van der Waals surface area contributed by atoms with E-state index >= 15 is 0 Å². The quantitative estimate of drug-likeness (QED) is 0.797. The molecule has 0 unspecified atom stereocenters. The zero-order valence-electron chi connectivity index (χ0n) is 10.8. The SMILES string of the molecule is O=C(Cc1c(F)cccc1Cl)N1CC(OCC(F)(F)F)C1. The van der Waals surface area contributed by atoms with Crippen molar-refractivity contribution in [2.24, 2.45) is 0 Å². The summed E-state index contributed by atoms with van der Waals surface area (Å²) in [5, 5.41) is 0.147. The molecule has 116 valence electrons. The number of carbonyl (C=O) groups excluding carboxylic acids is 1. The summed E-state index contributed by atoms with van der Waals surface area (Å²) in [4.78, 5) is 13.2. The average molecular weight is 326 g/mol. The molecule has 3 nitrogen and oxygen atoms in total. The molecule has 0 aliphatic carbocycles. The summed E-state index contributed by atoms with van der Waals surface area (Å²) in [7, 11) is 0. The first-order chi connectivity index (χ1) is 9.76. The molecule has 0 N–H and O–H groups in total. The predicted molar refractivity (Wildman–Crippen MR) is 67.5 cm³/mol. The van der Waals surface area contributed by atoms with Crippen LogP contribution in [0.2, 0.25) is 5.02 Å². The first kappa shape index (κ1) is 16.0. The van der Waals surface area contributed by atoms with Gasteiger partial charge < -0.3 is 9.64 Å². The Morgan fingerprint density at radius 2 is 2.05 bits per heavy atom. The van der Waals surface area contributed by atoms with Gasteiger partial charge in [0.1, 0.15) is 12.4 Å². The monoisotopic (exact) mass is 325 g/mol. The van der Waals surface area contributed by atoms with E-state index in [1.165, 1.54) is 23.1 Å². The Kier molecular flexibility index (Phi) is 4.73. The Morgan fingerprint density at radius 3 is 2.62 bits per heavy atom. The maximum Gasteiger partial charge on any atom is 0.411 e. The average Bonchev–Trinajstić information content (AvgIpc) is 2.30. The highest BCUT2D eigenvalue weighted by atomic mass is 35.5. The van der Waals surface area contributed by atoms with Crippen LogP contribution in [0.3, 0.4) is 0 Å². The van der Waals surface area contributed by atoms with Gasteiger partial charge in [0, 0.05) is 23.7 Å². The number of rotatable bonds is 4. The van der Waals surface area contributed by atoms with Gasteiger partial charge in [0.15, 0.2) is 0 Å². The minimum Gasteiger partial charge on any atom is -0.365 e. The smallest absolute Gasteiger partial charge is 0.365 e. The molecular formula is C13H12ClF4NO2. The molecule has 8 heteroatoms. The summed E-state index contributed by atoms with van der Waals surface area (Å²) >= 11 is 5.81. The molecule has 0 saturated carbocycles. The van der Waals surface area contributed by atoms with E-state index in [4.69, 9.17) is 11.6 Å². The summed E-state index contributed by atoms with van der Waals surface area (Å²) in [6.07, 6.45) is -5.24. The number of alkyl halides is 3. The summed E-state index contributed by atoms with van der Waals surface area (Å²) in [6, 6.07) is 4.09. The van der Waals surface area contributed by atoms with Crippen molar-refractivity contribution in [1.29, 1.82) is 0 Å². The van der Waals surface area contributed by atoms with Gasteiger partial charge in [-0.25, -0.2) is 4.39 Å². The highest BCUT2D eigenvalue weighted by Crippen LogP contribution is 2.23. The van der Waals surface area contributed by atoms with Gasteiger partial charge in [0.05, 0.1) is 12.5 Å². The lowest BCUT2D eigenvalue weighted by atomic mass is 10.1. The van der Waals surface area contributed by atoms with Crippen LogP contribution in [0, 0.1) is 5.82 Å². The van der Waals surface area contributed by atoms with Gasteiger partial charge in [-0.05, 0) is 12.1 Å². The molecule has 1 aliphatic heterocycles. The molecule has 1 aromatic carbocycles. The molecule has 0 aromatic heterocycles. The fourth-order valence-electron chi connectivity index (χ4n) is 1.92. The summed E-state index contributed by atoms with van der Waals surface area (Å²) in [6.45, 7) is -1.19. The van der Waals surface area contributed by atoms with Gasteiger partial charge >= 0.3 is 6.18 Å². The van der Waals surface area contributed by atoms with E-state index in [2.05, 4.69) is 4.74 Å². The first-order valence-electron chi connectivity index (χ1n) is 6.15. The minimum absolute atomic E-state index is 0.0704. The molecule has 1 aromatic rings. The third-order valence-electron chi connectivity index (χ3n) is 3.07. The fourth-order valence-corrected chi connectivity index (χ4v) is 2.15. The van der Waals surface area contributed by atoms with E-state index < -0.39 is 30.6 Å². The van der Waals surface area contributed by atoms with E-state index in [0.29, 0.717) is 0 Å². The van der Waals surface area contributed by atoms with E-state index in [1.54, 1.807) is 0 Å². The van der Waals surface area contributed by atoms with Crippen molar-refractivity contribution >= 4 is 17.5 Å². The van der Waals surface area contributed by atoms with Gasteiger partial charge in [-0.1, -0.05) is 17.7 Å². The van der Waals surface area contributed by atoms with E-state index in [-0.39, 0.29) is 30.1 Å². The van der Waals surface area contributed by atoms with Crippen molar-refractivity contribution in [2.75, 3.05) is 19.7 Å². The molecule has 0 bridgehead atoms. The highest BCUT2D eigenvalue weighted by molar-refractivity contribution is 6.31. The van der Waals surface area contributed by atoms with Crippen molar-refractivity contribution in [2.45, 2.75) is 18.7 Å². The second-order valence-corrected chi connectivity index (χ2v) is 5.13. The molecule has 1 fully saturated rings. The second kappa shape index (κ2) is 6.19. The van der Waals surface area contributed by atoms with Crippen molar-refractivity contribution in [3.8, 4) is 0 Å². The minimum atomic E-state index is -4.38. The third-order valence-corrected chi connectivity index (χ3v) is 3.43. The van der Waals surface area contributed by atoms with Gasteiger partial charge in [-0.15, -0.1) is 0 Å². The second-order valence-electron chi connectivity index (χ2n) is 4.72. The number of halogens is 5. The largest absolute Gasteiger partial charge is 0.411 e. The van der Waals surface area contributed by atoms with Crippen LogP contribution in [-0.4, -0.2) is 42.8 Å². The van der Waals surface area contributed by atoms with Crippen LogP contribution in [0.25, 0.3) is 0 Å². The molecule has 1 saturated heterocycles.